The lowest BCUT2D eigenvalue weighted by Crippen LogP contribution is -2.47. The molecule has 1 aliphatic heterocycles. The third-order valence-electron chi connectivity index (χ3n) is 4.45. The normalized spacial score (nSPS) is 15.8. The smallest absolute Gasteiger partial charge is 0.410 e. The molecule has 0 spiro atoms. The summed E-state index contributed by atoms with van der Waals surface area (Å²) in [7, 11) is 1.99. The average Bonchev–Trinajstić information content (AvgIpc) is 2.52. The van der Waals surface area contributed by atoms with Crippen molar-refractivity contribution in [2.24, 2.45) is 0 Å². The van der Waals surface area contributed by atoms with Crippen molar-refractivity contribution in [2.75, 3.05) is 25.0 Å². The molecule has 2 rings (SSSR count). The van der Waals surface area contributed by atoms with E-state index >= 15 is 0 Å². The molecule has 0 unspecified atom stereocenters. The molecule has 25 heavy (non-hydrogen) atoms. The van der Waals surface area contributed by atoms with Gasteiger partial charge in [-0.2, -0.15) is 0 Å². The number of piperidine rings is 1. The monoisotopic (exact) mass is 349 g/mol. The van der Waals surface area contributed by atoms with E-state index in [-0.39, 0.29) is 16.7 Å². The van der Waals surface area contributed by atoms with Gasteiger partial charge < -0.3 is 14.5 Å². The number of rotatable bonds is 3. The van der Waals surface area contributed by atoms with Crippen LogP contribution in [0.15, 0.2) is 18.2 Å². The highest BCUT2D eigenvalue weighted by molar-refractivity contribution is 5.68. The van der Waals surface area contributed by atoms with Crippen molar-refractivity contribution in [3.05, 3.63) is 33.9 Å². The summed E-state index contributed by atoms with van der Waals surface area (Å²) in [5, 5.41) is 10.9. The summed E-state index contributed by atoms with van der Waals surface area (Å²) in [6.45, 7) is 8.64. The van der Waals surface area contributed by atoms with Crippen LogP contribution in [0.2, 0.25) is 0 Å². The number of benzene rings is 1. The molecule has 138 valence electrons. The fourth-order valence-corrected chi connectivity index (χ4v) is 3.04. The van der Waals surface area contributed by atoms with Gasteiger partial charge in [-0.1, -0.05) is 0 Å². The summed E-state index contributed by atoms with van der Waals surface area (Å²) in [6.07, 6.45) is 1.41. The van der Waals surface area contributed by atoms with Gasteiger partial charge >= 0.3 is 6.09 Å². The standard InChI is InChI=1S/C18H27N3O4/c1-13-12-15(6-7-16(13)21(23)24)19(5)14-8-10-20(11-9-14)17(22)25-18(2,3)4/h6-7,12,14H,8-11H2,1-5H3. The van der Waals surface area contributed by atoms with Crippen LogP contribution < -0.4 is 4.90 Å². The molecule has 0 saturated carbocycles. The summed E-state index contributed by atoms with van der Waals surface area (Å²) >= 11 is 0. The molecule has 0 aliphatic carbocycles. The minimum atomic E-state index is -0.485. The van der Waals surface area contributed by atoms with Crippen LogP contribution in [0.25, 0.3) is 0 Å². The Morgan fingerprint density at radius 2 is 1.92 bits per heavy atom. The Morgan fingerprint density at radius 3 is 2.40 bits per heavy atom. The average molecular weight is 349 g/mol. The number of aryl methyl sites for hydroxylation is 1. The van der Waals surface area contributed by atoms with Gasteiger partial charge in [0.05, 0.1) is 4.92 Å². The zero-order valence-corrected chi connectivity index (χ0v) is 15.6. The van der Waals surface area contributed by atoms with Gasteiger partial charge in [-0.3, -0.25) is 10.1 Å². The number of ether oxygens (including phenoxy) is 1. The third kappa shape index (κ3) is 4.84. The summed E-state index contributed by atoms with van der Waals surface area (Å²) in [5.41, 5.74) is 1.26. The second-order valence-corrected chi connectivity index (χ2v) is 7.54. The Kier molecular flexibility index (Phi) is 5.55. The molecule has 7 heteroatoms. The van der Waals surface area contributed by atoms with Crippen molar-refractivity contribution in [1.82, 2.24) is 4.90 Å². The number of nitro benzene ring substituents is 1. The highest BCUT2D eigenvalue weighted by Crippen LogP contribution is 2.27. The SMILES string of the molecule is Cc1cc(N(C)C2CCN(C(=O)OC(C)(C)C)CC2)ccc1[N+](=O)[O-]. The van der Waals surface area contributed by atoms with Crippen LogP contribution in [0.5, 0.6) is 0 Å². The molecule has 1 aromatic carbocycles. The number of nitro groups is 1. The topological polar surface area (TPSA) is 75.9 Å². The van der Waals surface area contributed by atoms with Gasteiger partial charge in [0.25, 0.3) is 5.69 Å². The molecule has 1 saturated heterocycles. The van der Waals surface area contributed by atoms with Gasteiger partial charge in [0.2, 0.25) is 0 Å². The van der Waals surface area contributed by atoms with E-state index in [0.29, 0.717) is 24.7 Å². The van der Waals surface area contributed by atoms with Crippen molar-refractivity contribution in [3.8, 4) is 0 Å². The Hall–Kier alpha value is -2.31. The molecule has 0 aromatic heterocycles. The molecule has 1 aliphatic rings. The van der Waals surface area contributed by atoms with Gasteiger partial charge in [-0.15, -0.1) is 0 Å². The molecule has 1 aromatic rings. The van der Waals surface area contributed by atoms with Crippen molar-refractivity contribution in [1.29, 1.82) is 0 Å². The minimum Gasteiger partial charge on any atom is -0.444 e. The number of likely N-dealkylation sites (tertiary alicyclic amines) is 1. The van der Waals surface area contributed by atoms with E-state index in [0.717, 1.165) is 18.5 Å². The maximum atomic E-state index is 12.1. The Balaban J connectivity index is 1.97. The molecule has 1 heterocycles. The fourth-order valence-electron chi connectivity index (χ4n) is 3.04. The van der Waals surface area contributed by atoms with E-state index in [2.05, 4.69) is 4.90 Å². The first kappa shape index (κ1) is 19.0. The van der Waals surface area contributed by atoms with Gasteiger partial charge in [-0.05, 0) is 52.7 Å². The predicted molar refractivity (Wildman–Crippen MR) is 97.1 cm³/mol. The van der Waals surface area contributed by atoms with Crippen LogP contribution in [-0.2, 0) is 4.74 Å². The van der Waals surface area contributed by atoms with Crippen LogP contribution in [0.1, 0.15) is 39.2 Å². The summed E-state index contributed by atoms with van der Waals surface area (Å²) in [5.74, 6) is 0. The number of carbonyl (C=O) groups excluding carboxylic acids is 1. The first-order valence-electron chi connectivity index (χ1n) is 8.54. The number of nitrogens with zero attached hydrogens (tertiary/aromatic N) is 3. The van der Waals surface area contributed by atoms with Crippen LogP contribution in [-0.4, -0.2) is 47.7 Å². The van der Waals surface area contributed by atoms with Crippen molar-refractivity contribution >= 4 is 17.5 Å². The molecule has 1 amide bonds. The van der Waals surface area contributed by atoms with Crippen molar-refractivity contribution < 1.29 is 14.5 Å². The molecule has 0 radical (unpaired) electrons. The molecule has 0 bridgehead atoms. The van der Waals surface area contributed by atoms with Crippen LogP contribution in [0, 0.1) is 17.0 Å². The highest BCUT2D eigenvalue weighted by atomic mass is 16.6. The fraction of sp³-hybridized carbons (Fsp3) is 0.611. The van der Waals surface area contributed by atoms with E-state index in [4.69, 9.17) is 4.74 Å². The number of carbonyl (C=O) groups is 1. The predicted octanol–water partition coefficient (Wildman–Crippen LogP) is 3.74. The first-order chi connectivity index (χ1) is 11.6. The summed E-state index contributed by atoms with van der Waals surface area (Å²) < 4.78 is 5.42. The molecule has 1 fully saturated rings. The lowest BCUT2D eigenvalue weighted by atomic mass is 10.0. The third-order valence-corrected chi connectivity index (χ3v) is 4.45. The second kappa shape index (κ2) is 7.29. The Bertz CT molecular complexity index is 646. The summed E-state index contributed by atoms with van der Waals surface area (Å²) in [4.78, 5) is 26.6. The molecular weight excluding hydrogens is 322 g/mol. The number of hydrogen-bond donors (Lipinski definition) is 0. The van der Waals surface area contributed by atoms with E-state index in [1.165, 1.54) is 0 Å². The zero-order valence-electron chi connectivity index (χ0n) is 15.6. The molecule has 0 N–H and O–H groups in total. The van der Waals surface area contributed by atoms with Crippen LogP contribution >= 0.6 is 0 Å². The lowest BCUT2D eigenvalue weighted by molar-refractivity contribution is -0.385. The van der Waals surface area contributed by atoms with Gasteiger partial charge in [-0.25, -0.2) is 4.79 Å². The lowest BCUT2D eigenvalue weighted by Gasteiger charge is -2.38. The molecule has 7 nitrogen and oxygen atoms in total. The van der Waals surface area contributed by atoms with Gasteiger partial charge in [0.1, 0.15) is 5.60 Å². The Morgan fingerprint density at radius 1 is 1.32 bits per heavy atom. The number of hydrogen-bond acceptors (Lipinski definition) is 5. The van der Waals surface area contributed by atoms with Crippen LogP contribution in [0.4, 0.5) is 16.2 Å². The minimum absolute atomic E-state index is 0.136. The second-order valence-electron chi connectivity index (χ2n) is 7.54. The van der Waals surface area contributed by atoms with E-state index in [1.807, 2.05) is 33.9 Å². The van der Waals surface area contributed by atoms with Gasteiger partial charge in [0.15, 0.2) is 0 Å². The van der Waals surface area contributed by atoms with E-state index < -0.39 is 5.60 Å². The van der Waals surface area contributed by atoms with Gasteiger partial charge in [0, 0.05) is 43.5 Å². The zero-order chi connectivity index (χ0) is 18.8. The van der Waals surface area contributed by atoms with E-state index in [9.17, 15) is 14.9 Å². The number of amides is 1. The molecule has 0 atom stereocenters. The van der Waals surface area contributed by atoms with E-state index in [1.54, 1.807) is 24.0 Å². The maximum absolute atomic E-state index is 12.1. The maximum Gasteiger partial charge on any atom is 0.410 e. The Labute approximate surface area is 148 Å². The highest BCUT2D eigenvalue weighted by Gasteiger charge is 2.28. The largest absolute Gasteiger partial charge is 0.444 e. The van der Waals surface area contributed by atoms with Crippen molar-refractivity contribution in [2.45, 2.75) is 52.2 Å². The number of anilines is 1. The van der Waals surface area contributed by atoms with Crippen LogP contribution in [0.3, 0.4) is 0 Å². The first-order valence-corrected chi connectivity index (χ1v) is 8.54. The summed E-state index contributed by atoms with van der Waals surface area (Å²) in [6, 6.07) is 5.47. The van der Waals surface area contributed by atoms with Crippen molar-refractivity contribution in [3.63, 3.8) is 0 Å². The molecular formula is C18H27N3O4. The quantitative estimate of drug-likeness (QED) is 0.614.